The average Bonchev–Trinajstić information content (AvgIpc) is 2.49. The highest BCUT2D eigenvalue weighted by Crippen LogP contribution is 2.34. The first kappa shape index (κ1) is 9.53. The maximum absolute atomic E-state index is 4.64. The normalized spacial score (nSPS) is 19.2. The van der Waals surface area contributed by atoms with Crippen molar-refractivity contribution in [2.45, 2.75) is 32.6 Å². The molecule has 0 aromatic carbocycles. The number of aromatic nitrogens is 1. The number of hydrogen-bond donors (Lipinski definition) is 0. The molecule has 0 bridgehead atoms. The highest BCUT2D eigenvalue weighted by molar-refractivity contribution is 7.99. The van der Waals surface area contributed by atoms with Crippen LogP contribution in [0.5, 0.6) is 0 Å². The highest BCUT2D eigenvalue weighted by atomic mass is 32.2. The second-order valence-electron chi connectivity index (χ2n) is 3.58. The van der Waals surface area contributed by atoms with Gasteiger partial charge >= 0.3 is 0 Å². The molecule has 0 amide bonds. The number of thioether (sulfide) groups is 1. The van der Waals surface area contributed by atoms with E-state index in [9.17, 15) is 0 Å². The predicted molar refractivity (Wildman–Crippen MR) is 60.9 cm³/mol. The highest BCUT2D eigenvalue weighted by Gasteiger charge is 2.19. The Morgan fingerprint density at radius 1 is 1.23 bits per heavy atom. The SMILES string of the molecule is Cc1nc(C2CCSCC2)sc1C. The van der Waals surface area contributed by atoms with Crippen LogP contribution in [0.2, 0.25) is 0 Å². The van der Waals surface area contributed by atoms with Gasteiger partial charge in [0.05, 0.1) is 10.7 Å². The first-order valence-corrected chi connectivity index (χ1v) is 6.76. The van der Waals surface area contributed by atoms with Crippen LogP contribution in [-0.4, -0.2) is 16.5 Å². The average molecular weight is 213 g/mol. The van der Waals surface area contributed by atoms with Gasteiger partial charge in [-0.15, -0.1) is 11.3 Å². The van der Waals surface area contributed by atoms with Crippen molar-refractivity contribution in [3.8, 4) is 0 Å². The van der Waals surface area contributed by atoms with Gasteiger partial charge in [0.2, 0.25) is 0 Å². The van der Waals surface area contributed by atoms with E-state index in [-0.39, 0.29) is 0 Å². The van der Waals surface area contributed by atoms with Gasteiger partial charge < -0.3 is 0 Å². The molecule has 2 heterocycles. The predicted octanol–water partition coefficient (Wildman–Crippen LogP) is 3.37. The Balaban J connectivity index is 2.14. The molecule has 1 nitrogen and oxygen atoms in total. The minimum Gasteiger partial charge on any atom is -0.246 e. The number of rotatable bonds is 1. The molecule has 13 heavy (non-hydrogen) atoms. The molecule has 0 spiro atoms. The molecule has 0 N–H and O–H groups in total. The zero-order valence-corrected chi connectivity index (χ0v) is 9.80. The van der Waals surface area contributed by atoms with Crippen molar-refractivity contribution in [1.29, 1.82) is 0 Å². The van der Waals surface area contributed by atoms with Crippen LogP contribution in [0, 0.1) is 13.8 Å². The van der Waals surface area contributed by atoms with Crippen LogP contribution >= 0.6 is 23.1 Å². The van der Waals surface area contributed by atoms with Crippen molar-refractivity contribution in [3.05, 3.63) is 15.6 Å². The number of hydrogen-bond acceptors (Lipinski definition) is 3. The summed E-state index contributed by atoms with van der Waals surface area (Å²) < 4.78 is 0. The Bertz CT molecular complexity index is 268. The van der Waals surface area contributed by atoms with Gasteiger partial charge in [-0.1, -0.05) is 0 Å². The van der Waals surface area contributed by atoms with E-state index in [0.717, 1.165) is 5.92 Å². The standard InChI is InChI=1S/C10H15NS2/c1-7-8(2)13-10(11-7)9-3-5-12-6-4-9/h9H,3-6H2,1-2H3. The summed E-state index contributed by atoms with van der Waals surface area (Å²) in [7, 11) is 0. The minimum atomic E-state index is 0.763. The number of nitrogens with zero attached hydrogens (tertiary/aromatic N) is 1. The lowest BCUT2D eigenvalue weighted by atomic mass is 10.0. The van der Waals surface area contributed by atoms with E-state index in [4.69, 9.17) is 0 Å². The van der Waals surface area contributed by atoms with E-state index in [1.165, 1.54) is 39.9 Å². The zero-order valence-electron chi connectivity index (χ0n) is 8.17. The molecule has 1 saturated heterocycles. The van der Waals surface area contributed by atoms with E-state index in [2.05, 4.69) is 30.6 Å². The summed E-state index contributed by atoms with van der Waals surface area (Å²) in [4.78, 5) is 6.04. The van der Waals surface area contributed by atoms with Gasteiger partial charge in [0, 0.05) is 10.8 Å². The molecular formula is C10H15NS2. The maximum atomic E-state index is 4.64. The van der Waals surface area contributed by atoms with Crippen LogP contribution in [-0.2, 0) is 0 Å². The minimum absolute atomic E-state index is 0.763. The van der Waals surface area contributed by atoms with E-state index >= 15 is 0 Å². The van der Waals surface area contributed by atoms with E-state index < -0.39 is 0 Å². The van der Waals surface area contributed by atoms with Crippen molar-refractivity contribution in [1.82, 2.24) is 4.98 Å². The lowest BCUT2D eigenvalue weighted by molar-refractivity contribution is 0.632. The van der Waals surface area contributed by atoms with E-state index in [0.29, 0.717) is 0 Å². The fraction of sp³-hybridized carbons (Fsp3) is 0.700. The molecule has 1 aliphatic rings. The summed E-state index contributed by atoms with van der Waals surface area (Å²) in [6.45, 7) is 4.29. The Labute approximate surface area is 88.0 Å². The summed E-state index contributed by atoms with van der Waals surface area (Å²) >= 11 is 3.98. The van der Waals surface area contributed by atoms with Crippen molar-refractivity contribution in [2.24, 2.45) is 0 Å². The second kappa shape index (κ2) is 4.01. The lowest BCUT2D eigenvalue weighted by Crippen LogP contribution is -2.07. The first-order chi connectivity index (χ1) is 6.27. The summed E-state index contributed by atoms with van der Waals surface area (Å²) in [6.07, 6.45) is 2.66. The van der Waals surface area contributed by atoms with Crippen molar-refractivity contribution >= 4 is 23.1 Å². The number of thiazole rings is 1. The largest absolute Gasteiger partial charge is 0.246 e. The van der Waals surface area contributed by atoms with Crippen molar-refractivity contribution < 1.29 is 0 Å². The topological polar surface area (TPSA) is 12.9 Å². The van der Waals surface area contributed by atoms with Crippen LogP contribution in [0.3, 0.4) is 0 Å². The molecule has 1 aromatic heterocycles. The van der Waals surface area contributed by atoms with Crippen LogP contribution < -0.4 is 0 Å². The molecule has 0 radical (unpaired) electrons. The van der Waals surface area contributed by atoms with Crippen LogP contribution in [0.15, 0.2) is 0 Å². The molecule has 1 aromatic rings. The molecule has 3 heteroatoms. The third kappa shape index (κ3) is 2.08. The first-order valence-electron chi connectivity index (χ1n) is 4.79. The van der Waals surface area contributed by atoms with E-state index in [1.807, 2.05) is 11.3 Å². The Hall–Kier alpha value is -0.0200. The van der Waals surface area contributed by atoms with Crippen molar-refractivity contribution in [2.75, 3.05) is 11.5 Å². The van der Waals surface area contributed by atoms with Gasteiger partial charge in [-0.25, -0.2) is 4.98 Å². The number of aryl methyl sites for hydroxylation is 2. The molecule has 1 aliphatic heterocycles. The fourth-order valence-corrected chi connectivity index (χ4v) is 3.82. The Morgan fingerprint density at radius 3 is 2.46 bits per heavy atom. The van der Waals surface area contributed by atoms with Gasteiger partial charge in [-0.2, -0.15) is 11.8 Å². The summed E-state index contributed by atoms with van der Waals surface area (Å²) in [5.74, 6) is 3.41. The quantitative estimate of drug-likeness (QED) is 0.709. The molecule has 72 valence electrons. The Kier molecular flexibility index (Phi) is 2.94. The third-order valence-corrected chi connectivity index (χ3v) is 4.90. The van der Waals surface area contributed by atoms with Crippen LogP contribution in [0.1, 0.15) is 34.3 Å². The van der Waals surface area contributed by atoms with Crippen LogP contribution in [0.4, 0.5) is 0 Å². The summed E-state index contributed by atoms with van der Waals surface area (Å²) in [5.41, 5.74) is 1.23. The summed E-state index contributed by atoms with van der Waals surface area (Å²) in [6, 6.07) is 0. The molecule has 1 fully saturated rings. The van der Waals surface area contributed by atoms with Gasteiger partial charge in [0.15, 0.2) is 0 Å². The van der Waals surface area contributed by atoms with Gasteiger partial charge in [-0.05, 0) is 38.2 Å². The smallest absolute Gasteiger partial charge is 0.0962 e. The Morgan fingerprint density at radius 2 is 1.92 bits per heavy atom. The summed E-state index contributed by atoms with van der Waals surface area (Å²) in [5, 5.41) is 1.38. The zero-order chi connectivity index (χ0) is 9.26. The second-order valence-corrected chi connectivity index (χ2v) is 6.04. The third-order valence-electron chi connectivity index (χ3n) is 2.62. The van der Waals surface area contributed by atoms with Gasteiger partial charge in [0.1, 0.15) is 0 Å². The molecule has 0 unspecified atom stereocenters. The molecule has 2 rings (SSSR count). The molecule has 0 saturated carbocycles. The molecule has 0 aliphatic carbocycles. The molecule has 0 atom stereocenters. The molecular weight excluding hydrogens is 198 g/mol. The monoisotopic (exact) mass is 213 g/mol. The van der Waals surface area contributed by atoms with Gasteiger partial charge in [-0.3, -0.25) is 0 Å². The fourth-order valence-electron chi connectivity index (χ4n) is 1.62. The maximum Gasteiger partial charge on any atom is 0.0962 e. The van der Waals surface area contributed by atoms with Crippen molar-refractivity contribution in [3.63, 3.8) is 0 Å². The lowest BCUT2D eigenvalue weighted by Gasteiger charge is -2.18. The van der Waals surface area contributed by atoms with Gasteiger partial charge in [0.25, 0.3) is 0 Å². The van der Waals surface area contributed by atoms with E-state index in [1.54, 1.807) is 0 Å². The van der Waals surface area contributed by atoms with Crippen LogP contribution in [0.25, 0.3) is 0 Å².